The number of nitrogens with zero attached hydrogens (tertiary/aromatic N) is 3. The largest absolute Gasteiger partial charge is 0.492 e. The summed E-state index contributed by atoms with van der Waals surface area (Å²) in [5.41, 5.74) is 7.15. The zero-order valence-corrected chi connectivity index (χ0v) is 18.3. The van der Waals surface area contributed by atoms with Gasteiger partial charge in [0.05, 0.1) is 23.6 Å². The summed E-state index contributed by atoms with van der Waals surface area (Å²) in [5.74, 6) is -1.15. The zero-order valence-electron chi connectivity index (χ0n) is 18.3. The molecule has 0 amide bonds. The average molecular weight is 456 g/mol. The third kappa shape index (κ3) is 3.58. The molecule has 1 saturated carbocycles. The molecule has 1 aromatic heterocycles. The minimum atomic E-state index is -0.992. The van der Waals surface area contributed by atoms with Gasteiger partial charge in [-0.3, -0.25) is 19.7 Å². The molecule has 2 N–H and O–H groups in total. The molecule has 1 saturated heterocycles. The molecule has 1 aromatic carbocycles. The number of carbonyl (C=O) groups excluding carboxylic acids is 1. The van der Waals surface area contributed by atoms with E-state index in [9.17, 15) is 19.7 Å². The zero-order chi connectivity index (χ0) is 23.4. The van der Waals surface area contributed by atoms with E-state index in [4.69, 9.17) is 10.5 Å². The van der Waals surface area contributed by atoms with Gasteiger partial charge in [0.25, 0.3) is 6.54 Å². The summed E-state index contributed by atoms with van der Waals surface area (Å²) in [6.45, 7) is 0.0940. The number of aromatic nitrogens is 1. The summed E-state index contributed by atoms with van der Waals surface area (Å²) in [6.07, 6.45) is 6.99. The maximum Gasteiger partial charge on any atom is 0.266 e. The molecule has 2 atom stereocenters. The van der Waals surface area contributed by atoms with Gasteiger partial charge in [-0.15, -0.1) is 0 Å². The number of ether oxygens (including phenoxy) is 1. The van der Waals surface area contributed by atoms with Crippen molar-refractivity contribution in [1.29, 1.82) is 0 Å². The van der Waals surface area contributed by atoms with Crippen LogP contribution in [0.5, 0.6) is 5.75 Å². The Morgan fingerprint density at radius 3 is 2.76 bits per heavy atom. The molecule has 33 heavy (non-hydrogen) atoms. The fourth-order valence-corrected chi connectivity index (χ4v) is 5.19. The van der Waals surface area contributed by atoms with Gasteiger partial charge >= 0.3 is 0 Å². The highest BCUT2D eigenvalue weighted by molar-refractivity contribution is 6.01. The summed E-state index contributed by atoms with van der Waals surface area (Å²) in [5, 5.41) is 10.8. The summed E-state index contributed by atoms with van der Waals surface area (Å²) in [4.78, 5) is 37.5. The van der Waals surface area contributed by atoms with E-state index < -0.39 is 28.5 Å². The Bertz CT molecular complexity index is 1270. The molecule has 0 spiro atoms. The van der Waals surface area contributed by atoms with Crippen LogP contribution >= 0.6 is 0 Å². The van der Waals surface area contributed by atoms with Gasteiger partial charge < -0.3 is 19.9 Å². The van der Waals surface area contributed by atoms with Crippen LogP contribution in [0.3, 0.4) is 0 Å². The Labute approximate surface area is 188 Å². The van der Waals surface area contributed by atoms with E-state index in [0.717, 1.165) is 31.7 Å². The summed E-state index contributed by atoms with van der Waals surface area (Å²) >= 11 is 0. The lowest BCUT2D eigenvalue weighted by atomic mass is 9.86. The second-order valence-corrected chi connectivity index (χ2v) is 9.07. The minimum Gasteiger partial charge on any atom is -0.492 e. The van der Waals surface area contributed by atoms with Crippen LogP contribution in [0.15, 0.2) is 28.7 Å². The molecule has 9 nitrogen and oxygen atoms in total. The average Bonchev–Trinajstić information content (AvgIpc) is 3.51. The first-order chi connectivity index (χ1) is 15.8. The van der Waals surface area contributed by atoms with Crippen LogP contribution in [0.25, 0.3) is 10.9 Å². The van der Waals surface area contributed by atoms with Gasteiger partial charge in [-0.25, -0.2) is 4.39 Å². The van der Waals surface area contributed by atoms with Crippen LogP contribution in [-0.4, -0.2) is 48.1 Å². The molecule has 0 bridgehead atoms. The van der Waals surface area contributed by atoms with E-state index in [1.54, 1.807) is 4.57 Å². The van der Waals surface area contributed by atoms with E-state index in [-0.39, 0.29) is 40.4 Å². The van der Waals surface area contributed by atoms with Crippen LogP contribution in [0, 0.1) is 21.8 Å². The lowest BCUT2D eigenvalue weighted by Crippen LogP contribution is -2.34. The van der Waals surface area contributed by atoms with Crippen molar-refractivity contribution >= 4 is 22.4 Å². The van der Waals surface area contributed by atoms with E-state index >= 15 is 4.39 Å². The highest BCUT2D eigenvalue weighted by atomic mass is 19.1. The molecule has 5 rings (SSSR count). The van der Waals surface area contributed by atoms with Gasteiger partial charge in [-0.1, -0.05) is 6.08 Å². The van der Waals surface area contributed by atoms with Crippen LogP contribution in [-0.2, 0) is 0 Å². The number of halogens is 1. The highest BCUT2D eigenvalue weighted by Crippen LogP contribution is 2.45. The van der Waals surface area contributed by atoms with Crippen LogP contribution in [0.4, 0.5) is 10.1 Å². The SMILES string of the molecule is COc1c(N2CC3=CCC[C@H](N)[C@@H]3C2)c(F)cc2c(=O)c(C(=O)C[N+](=O)[O-])cn(C3CC3)c12. The van der Waals surface area contributed by atoms with Crippen LogP contribution < -0.4 is 20.8 Å². The first-order valence-electron chi connectivity index (χ1n) is 11.1. The number of methoxy groups -OCH3 is 1. The molecule has 10 heteroatoms. The number of pyridine rings is 1. The highest BCUT2D eigenvalue weighted by Gasteiger charge is 2.37. The number of fused-ring (bicyclic) bond motifs is 2. The van der Waals surface area contributed by atoms with Crippen molar-refractivity contribution in [2.75, 3.05) is 31.6 Å². The predicted molar refractivity (Wildman–Crippen MR) is 120 cm³/mol. The van der Waals surface area contributed by atoms with Crippen molar-refractivity contribution in [3.8, 4) is 5.75 Å². The quantitative estimate of drug-likeness (QED) is 0.307. The van der Waals surface area contributed by atoms with Gasteiger partial charge in [0, 0.05) is 42.2 Å². The number of allylic oxidation sites excluding steroid dienone is 1. The number of ketones is 1. The molecule has 1 aliphatic heterocycles. The lowest BCUT2D eigenvalue weighted by molar-refractivity contribution is -0.465. The lowest BCUT2D eigenvalue weighted by Gasteiger charge is -2.26. The van der Waals surface area contributed by atoms with E-state index in [0.29, 0.717) is 18.6 Å². The van der Waals surface area contributed by atoms with Crippen molar-refractivity contribution in [3.63, 3.8) is 0 Å². The number of anilines is 1. The predicted octanol–water partition coefficient (Wildman–Crippen LogP) is 2.43. The Hall–Kier alpha value is -3.27. The Morgan fingerprint density at radius 2 is 2.12 bits per heavy atom. The van der Waals surface area contributed by atoms with E-state index in [1.807, 2.05) is 4.90 Å². The molecular formula is C23H25FN4O5. The molecular weight excluding hydrogens is 431 g/mol. The van der Waals surface area contributed by atoms with Crippen molar-refractivity contribution < 1.29 is 18.8 Å². The molecule has 3 aliphatic rings. The van der Waals surface area contributed by atoms with Gasteiger partial charge in [-0.2, -0.15) is 0 Å². The topological polar surface area (TPSA) is 121 Å². The second kappa shape index (κ2) is 7.95. The summed E-state index contributed by atoms with van der Waals surface area (Å²) < 4.78 is 23.0. The number of nitro groups is 1. The summed E-state index contributed by atoms with van der Waals surface area (Å²) in [7, 11) is 1.43. The van der Waals surface area contributed by atoms with Crippen molar-refractivity contribution in [3.05, 3.63) is 55.6 Å². The monoisotopic (exact) mass is 456 g/mol. The summed E-state index contributed by atoms with van der Waals surface area (Å²) in [6, 6.07) is 1.16. The van der Waals surface area contributed by atoms with Crippen molar-refractivity contribution in [2.45, 2.75) is 37.8 Å². The molecule has 2 heterocycles. The molecule has 174 valence electrons. The number of benzene rings is 1. The third-order valence-electron chi connectivity index (χ3n) is 6.92. The standard InChI is InChI=1S/C23H25FN4O5/c1-33-23-20-14(22(30)16(19(29)11-28(31)32)10-27(20)13-5-6-13)7-17(24)21(23)26-8-12-3-2-4-18(25)15(12)9-26/h3,7,10,13,15,18H,2,4-6,8-9,11,25H2,1H3/t15-,18+/m1/s1. The third-order valence-corrected chi connectivity index (χ3v) is 6.92. The Kier molecular flexibility index (Phi) is 5.19. The number of hydrogen-bond donors (Lipinski definition) is 1. The maximum absolute atomic E-state index is 15.6. The fraction of sp³-hybridized carbons (Fsp3) is 0.478. The number of Topliss-reactive ketones (excluding diaryl/α,β-unsaturated/α-hetero) is 1. The number of hydrogen-bond acceptors (Lipinski definition) is 7. The smallest absolute Gasteiger partial charge is 0.266 e. The van der Waals surface area contributed by atoms with Gasteiger partial charge in [0.1, 0.15) is 5.69 Å². The van der Waals surface area contributed by atoms with E-state index in [2.05, 4.69) is 6.08 Å². The molecule has 2 fully saturated rings. The Morgan fingerprint density at radius 1 is 1.36 bits per heavy atom. The van der Waals surface area contributed by atoms with Gasteiger partial charge in [0.15, 0.2) is 11.6 Å². The van der Waals surface area contributed by atoms with Crippen molar-refractivity contribution in [1.82, 2.24) is 4.57 Å². The number of nitrogens with two attached hydrogens (primary N) is 1. The molecule has 0 radical (unpaired) electrons. The maximum atomic E-state index is 15.6. The van der Waals surface area contributed by atoms with Gasteiger partial charge in [-0.05, 0) is 37.3 Å². The van der Waals surface area contributed by atoms with Crippen LogP contribution in [0.1, 0.15) is 42.1 Å². The second-order valence-electron chi connectivity index (χ2n) is 9.07. The number of rotatable bonds is 6. The van der Waals surface area contributed by atoms with Crippen molar-refractivity contribution in [2.24, 2.45) is 11.7 Å². The first kappa shape index (κ1) is 21.6. The molecule has 0 unspecified atom stereocenters. The van der Waals surface area contributed by atoms with Crippen LogP contribution in [0.2, 0.25) is 0 Å². The van der Waals surface area contributed by atoms with Gasteiger partial charge in [0.2, 0.25) is 11.2 Å². The van der Waals surface area contributed by atoms with E-state index in [1.165, 1.54) is 18.9 Å². The number of carbonyl (C=O) groups is 1. The minimum absolute atomic E-state index is 0.0123. The first-order valence-corrected chi connectivity index (χ1v) is 11.1. The fourth-order valence-electron chi connectivity index (χ4n) is 5.19. The Balaban J connectivity index is 1.70. The normalized spacial score (nSPS) is 22.3. The molecule has 2 aliphatic carbocycles. The molecule has 2 aromatic rings.